The topological polar surface area (TPSA) is 131 Å². The smallest absolute Gasteiger partial charge is 0.410 e. The van der Waals surface area contributed by atoms with E-state index in [1.165, 1.54) is 28.3 Å². The lowest BCUT2D eigenvalue weighted by molar-refractivity contribution is 0.0240. The molecule has 12 heteroatoms. The predicted molar refractivity (Wildman–Crippen MR) is 118 cm³/mol. The van der Waals surface area contributed by atoms with E-state index in [4.69, 9.17) is 4.74 Å². The van der Waals surface area contributed by atoms with Gasteiger partial charge in [0.05, 0.1) is 6.20 Å². The lowest BCUT2D eigenvalue weighted by Gasteiger charge is -2.36. The minimum atomic E-state index is -1.34. The summed E-state index contributed by atoms with van der Waals surface area (Å²) >= 11 is 1.28. The molecule has 0 unspecified atom stereocenters. The molecule has 0 atom stereocenters. The second-order valence-corrected chi connectivity index (χ2v) is 9.09. The van der Waals surface area contributed by atoms with Gasteiger partial charge in [-0.3, -0.25) is 9.36 Å². The number of pyridine rings is 1. The van der Waals surface area contributed by atoms with E-state index >= 15 is 0 Å². The number of carbonyl (C=O) groups is 2. The fourth-order valence-corrected chi connectivity index (χ4v) is 3.92. The van der Waals surface area contributed by atoms with Crippen molar-refractivity contribution in [1.82, 2.24) is 24.4 Å². The molecule has 4 heterocycles. The molecule has 1 aliphatic rings. The van der Waals surface area contributed by atoms with Crippen molar-refractivity contribution in [3.05, 3.63) is 39.8 Å². The summed E-state index contributed by atoms with van der Waals surface area (Å²) < 4.78 is 6.90. The van der Waals surface area contributed by atoms with Crippen molar-refractivity contribution in [2.75, 3.05) is 31.1 Å². The summed E-state index contributed by atoms with van der Waals surface area (Å²) in [7, 11) is 0. The van der Waals surface area contributed by atoms with E-state index in [2.05, 4.69) is 15.0 Å². The molecule has 4 rings (SSSR count). The van der Waals surface area contributed by atoms with E-state index in [1.807, 2.05) is 25.7 Å². The second kappa shape index (κ2) is 8.19. The van der Waals surface area contributed by atoms with E-state index in [1.54, 1.807) is 16.5 Å². The van der Waals surface area contributed by atoms with Crippen LogP contribution >= 0.6 is 11.3 Å². The molecule has 1 fully saturated rings. The first kappa shape index (κ1) is 21.7. The Kier molecular flexibility index (Phi) is 5.55. The highest BCUT2D eigenvalue weighted by molar-refractivity contribution is 7.12. The molecule has 32 heavy (non-hydrogen) atoms. The van der Waals surface area contributed by atoms with Gasteiger partial charge in [-0.15, -0.1) is 11.3 Å². The summed E-state index contributed by atoms with van der Waals surface area (Å²) in [5.74, 6) is -0.819. The number of hydrogen-bond acceptors (Lipinski definition) is 9. The maximum Gasteiger partial charge on any atom is 0.410 e. The molecule has 1 N–H and O–H groups in total. The van der Waals surface area contributed by atoms with Crippen molar-refractivity contribution in [2.45, 2.75) is 26.4 Å². The molecular formula is C20H22N6O5S. The Morgan fingerprint density at radius 1 is 1.16 bits per heavy atom. The number of thiazole rings is 1. The van der Waals surface area contributed by atoms with E-state index in [0.717, 1.165) is 0 Å². The number of aromatic carboxylic acids is 1. The standard InChI is InChI=1S/C20H22N6O5S/c1-20(2,3)31-19(30)25-7-5-24(6-8-25)13-10-22-14-15(27)12(17(28)29)11-26(16(14)23-13)18-21-4-9-32-18/h4,9-11H,5-8H2,1-3H3,(H,28,29). The highest BCUT2D eigenvalue weighted by atomic mass is 32.1. The van der Waals surface area contributed by atoms with Crippen molar-refractivity contribution < 1.29 is 19.4 Å². The third-order valence-corrected chi connectivity index (χ3v) is 5.57. The number of piperazine rings is 1. The maximum absolute atomic E-state index is 12.6. The van der Waals surface area contributed by atoms with Gasteiger partial charge in [0.1, 0.15) is 17.0 Å². The van der Waals surface area contributed by atoms with Gasteiger partial charge in [0, 0.05) is 44.0 Å². The number of carboxylic acid groups (broad SMARTS) is 1. The predicted octanol–water partition coefficient (Wildman–Crippen LogP) is 1.99. The van der Waals surface area contributed by atoms with Gasteiger partial charge in [-0.1, -0.05) is 0 Å². The number of ether oxygens (including phenoxy) is 1. The number of anilines is 1. The van der Waals surface area contributed by atoms with Crippen LogP contribution in [-0.4, -0.2) is 73.4 Å². The number of hydrogen-bond donors (Lipinski definition) is 1. The van der Waals surface area contributed by atoms with Gasteiger partial charge < -0.3 is 19.6 Å². The van der Waals surface area contributed by atoms with Gasteiger partial charge >= 0.3 is 12.1 Å². The lowest BCUT2D eigenvalue weighted by atomic mass is 10.2. The SMILES string of the molecule is CC(C)(C)OC(=O)N1CCN(c2cnc3c(=O)c(C(=O)O)cn(-c4nccs4)c3n2)CC1. The molecule has 0 bridgehead atoms. The van der Waals surface area contributed by atoms with Crippen LogP contribution in [0.25, 0.3) is 16.3 Å². The van der Waals surface area contributed by atoms with Crippen LogP contribution in [0, 0.1) is 0 Å². The van der Waals surface area contributed by atoms with Gasteiger partial charge in [0.25, 0.3) is 0 Å². The zero-order valence-electron chi connectivity index (χ0n) is 17.8. The zero-order chi connectivity index (χ0) is 23.0. The molecule has 3 aromatic rings. The Hall–Kier alpha value is -3.54. The lowest BCUT2D eigenvalue weighted by Crippen LogP contribution is -2.50. The Morgan fingerprint density at radius 2 is 1.88 bits per heavy atom. The van der Waals surface area contributed by atoms with Crippen molar-refractivity contribution in [3.8, 4) is 5.13 Å². The average molecular weight is 459 g/mol. The molecule has 0 saturated carbocycles. The van der Waals surface area contributed by atoms with E-state index in [-0.39, 0.29) is 17.3 Å². The van der Waals surface area contributed by atoms with Gasteiger partial charge in [0.15, 0.2) is 16.3 Å². The maximum atomic E-state index is 12.6. The molecule has 1 amide bonds. The van der Waals surface area contributed by atoms with Crippen LogP contribution < -0.4 is 10.3 Å². The summed E-state index contributed by atoms with van der Waals surface area (Å²) in [4.78, 5) is 53.1. The van der Waals surface area contributed by atoms with Crippen LogP contribution in [0.15, 0.2) is 28.8 Å². The Labute approximate surface area is 186 Å². The summed E-state index contributed by atoms with van der Waals surface area (Å²) in [6.07, 6.45) is 3.90. The summed E-state index contributed by atoms with van der Waals surface area (Å²) in [6, 6.07) is 0. The van der Waals surface area contributed by atoms with Crippen LogP contribution in [0.3, 0.4) is 0 Å². The number of rotatable bonds is 3. The normalized spacial score (nSPS) is 14.6. The van der Waals surface area contributed by atoms with Crippen molar-refractivity contribution >= 4 is 40.4 Å². The number of fused-ring (bicyclic) bond motifs is 1. The first-order chi connectivity index (χ1) is 15.1. The quantitative estimate of drug-likeness (QED) is 0.626. The molecule has 0 radical (unpaired) electrons. The van der Waals surface area contributed by atoms with Crippen LogP contribution in [0.1, 0.15) is 31.1 Å². The fourth-order valence-electron chi connectivity index (χ4n) is 3.30. The summed E-state index contributed by atoms with van der Waals surface area (Å²) in [6.45, 7) is 7.39. The molecule has 0 spiro atoms. The van der Waals surface area contributed by atoms with Crippen LogP contribution in [0.2, 0.25) is 0 Å². The number of amides is 1. The number of nitrogens with zero attached hydrogens (tertiary/aromatic N) is 6. The van der Waals surface area contributed by atoms with Crippen molar-refractivity contribution in [3.63, 3.8) is 0 Å². The molecule has 0 aromatic carbocycles. The first-order valence-corrected chi connectivity index (χ1v) is 10.8. The highest BCUT2D eigenvalue weighted by Gasteiger charge is 2.27. The summed E-state index contributed by atoms with van der Waals surface area (Å²) in [5.41, 5.74) is -1.49. The van der Waals surface area contributed by atoms with Gasteiger partial charge in [0.2, 0.25) is 5.43 Å². The Bertz CT molecular complexity index is 1230. The minimum absolute atomic E-state index is 0.0451. The molecule has 1 aliphatic heterocycles. The Balaban J connectivity index is 1.65. The minimum Gasteiger partial charge on any atom is -0.477 e. The number of carboxylic acids is 1. The third-order valence-electron chi connectivity index (χ3n) is 4.80. The molecular weight excluding hydrogens is 436 g/mol. The van der Waals surface area contributed by atoms with Crippen LogP contribution in [0.5, 0.6) is 0 Å². The van der Waals surface area contributed by atoms with Crippen molar-refractivity contribution in [2.24, 2.45) is 0 Å². The second-order valence-electron chi connectivity index (χ2n) is 8.22. The van der Waals surface area contributed by atoms with Gasteiger partial charge in [-0.2, -0.15) is 0 Å². The fraction of sp³-hybridized carbons (Fsp3) is 0.400. The monoisotopic (exact) mass is 458 g/mol. The molecule has 11 nitrogen and oxygen atoms in total. The number of aromatic nitrogens is 4. The average Bonchev–Trinajstić information content (AvgIpc) is 3.27. The molecule has 168 valence electrons. The molecule has 3 aromatic heterocycles. The van der Waals surface area contributed by atoms with Gasteiger partial charge in [-0.05, 0) is 20.8 Å². The van der Waals surface area contributed by atoms with E-state index in [9.17, 15) is 19.5 Å². The number of carbonyl (C=O) groups excluding carboxylic acids is 1. The third kappa shape index (κ3) is 4.26. The zero-order valence-corrected chi connectivity index (χ0v) is 18.6. The Morgan fingerprint density at radius 3 is 2.47 bits per heavy atom. The van der Waals surface area contributed by atoms with Crippen LogP contribution in [0.4, 0.5) is 10.6 Å². The first-order valence-electron chi connectivity index (χ1n) is 9.92. The molecule has 1 saturated heterocycles. The summed E-state index contributed by atoms with van der Waals surface area (Å²) in [5, 5.41) is 11.6. The van der Waals surface area contributed by atoms with Crippen molar-refractivity contribution in [1.29, 1.82) is 0 Å². The molecule has 0 aliphatic carbocycles. The largest absolute Gasteiger partial charge is 0.477 e. The van der Waals surface area contributed by atoms with Crippen LogP contribution in [-0.2, 0) is 4.74 Å². The van der Waals surface area contributed by atoms with Gasteiger partial charge in [-0.25, -0.2) is 24.5 Å². The highest BCUT2D eigenvalue weighted by Crippen LogP contribution is 2.21. The van der Waals surface area contributed by atoms with E-state index in [0.29, 0.717) is 37.1 Å². The van der Waals surface area contributed by atoms with E-state index < -0.39 is 22.6 Å².